The van der Waals surface area contributed by atoms with Crippen molar-refractivity contribution in [1.82, 2.24) is 24.8 Å². The molecule has 10 heteroatoms. The van der Waals surface area contributed by atoms with Crippen LogP contribution >= 0.6 is 0 Å². The molecule has 0 spiro atoms. The third-order valence-electron chi connectivity index (χ3n) is 5.02. The number of amides is 1. The van der Waals surface area contributed by atoms with Crippen molar-refractivity contribution in [2.24, 2.45) is 0 Å². The minimum atomic E-state index is -4.58. The molecular weight excluding hydrogens is 399 g/mol. The van der Waals surface area contributed by atoms with Gasteiger partial charge in [-0.25, -0.2) is 9.50 Å². The third kappa shape index (κ3) is 4.44. The normalized spacial score (nSPS) is 15.7. The number of aliphatic hydroxyl groups is 1. The fraction of sp³-hybridized carbons (Fsp3) is 0.350. The van der Waals surface area contributed by atoms with E-state index < -0.39 is 23.9 Å². The van der Waals surface area contributed by atoms with E-state index in [1.54, 1.807) is 0 Å². The summed E-state index contributed by atoms with van der Waals surface area (Å²) in [5.41, 5.74) is 1.53. The van der Waals surface area contributed by atoms with Gasteiger partial charge in [-0.2, -0.15) is 18.3 Å². The summed E-state index contributed by atoms with van der Waals surface area (Å²) in [6.45, 7) is 1.96. The minimum Gasteiger partial charge on any atom is -0.390 e. The van der Waals surface area contributed by atoms with Gasteiger partial charge in [-0.15, -0.1) is 0 Å². The van der Waals surface area contributed by atoms with Gasteiger partial charge >= 0.3 is 6.18 Å². The number of hydrogen-bond acceptors (Lipinski definition) is 5. The van der Waals surface area contributed by atoms with Gasteiger partial charge in [0.2, 0.25) is 0 Å². The van der Waals surface area contributed by atoms with E-state index in [4.69, 9.17) is 0 Å². The summed E-state index contributed by atoms with van der Waals surface area (Å²) >= 11 is 0. The van der Waals surface area contributed by atoms with Crippen LogP contribution in [-0.2, 0) is 19.1 Å². The number of aromatic nitrogens is 3. The molecule has 0 aliphatic carbocycles. The first-order valence-electron chi connectivity index (χ1n) is 9.48. The lowest BCUT2D eigenvalue weighted by atomic mass is 10.00. The Labute approximate surface area is 170 Å². The van der Waals surface area contributed by atoms with Gasteiger partial charge in [0.25, 0.3) is 5.91 Å². The number of fused-ring (bicyclic) bond motifs is 2. The molecule has 0 fully saturated rings. The van der Waals surface area contributed by atoms with E-state index in [2.05, 4.69) is 32.4 Å². The molecule has 1 unspecified atom stereocenters. The first-order valence-corrected chi connectivity index (χ1v) is 9.48. The average Bonchev–Trinajstić information content (AvgIpc) is 3.15. The Morgan fingerprint density at radius 3 is 2.73 bits per heavy atom. The molecular formula is C20H20F3N5O2. The van der Waals surface area contributed by atoms with Gasteiger partial charge in [-0.1, -0.05) is 24.3 Å². The molecule has 0 radical (unpaired) electrons. The van der Waals surface area contributed by atoms with Crippen LogP contribution in [-0.4, -0.2) is 56.2 Å². The summed E-state index contributed by atoms with van der Waals surface area (Å²) in [4.78, 5) is 18.4. The molecule has 7 nitrogen and oxygen atoms in total. The Hall–Kier alpha value is -2.98. The molecule has 1 aromatic carbocycles. The number of nitrogens with one attached hydrogen (secondary N) is 1. The zero-order valence-corrected chi connectivity index (χ0v) is 15.9. The molecule has 1 amide bonds. The second-order valence-electron chi connectivity index (χ2n) is 7.26. The molecule has 4 rings (SSSR count). The number of nitrogens with zero attached hydrogens (tertiary/aromatic N) is 4. The Morgan fingerprint density at radius 1 is 1.20 bits per heavy atom. The molecule has 1 aliphatic rings. The molecule has 0 saturated heterocycles. The van der Waals surface area contributed by atoms with Gasteiger partial charge in [-0.05, 0) is 29.7 Å². The molecule has 2 aromatic heterocycles. The molecule has 0 bridgehead atoms. The van der Waals surface area contributed by atoms with Crippen molar-refractivity contribution in [3.63, 3.8) is 0 Å². The van der Waals surface area contributed by atoms with Crippen molar-refractivity contribution in [3.05, 3.63) is 65.1 Å². The number of carbonyl (C=O) groups is 1. The Kier molecular flexibility index (Phi) is 5.44. The largest absolute Gasteiger partial charge is 0.435 e. The number of β-amino-alcohol motifs (C(OH)–C–C–N with tert-alkyl or cyclic N) is 1. The molecule has 1 aliphatic heterocycles. The highest BCUT2D eigenvalue weighted by Gasteiger charge is 2.33. The summed E-state index contributed by atoms with van der Waals surface area (Å²) in [6.07, 6.45) is -3.33. The Bertz CT molecular complexity index is 1070. The van der Waals surface area contributed by atoms with E-state index >= 15 is 0 Å². The fourth-order valence-electron chi connectivity index (χ4n) is 3.52. The number of rotatable bonds is 5. The monoisotopic (exact) mass is 419 g/mol. The van der Waals surface area contributed by atoms with E-state index in [1.807, 2.05) is 12.1 Å². The number of aliphatic hydroxyl groups excluding tert-OH is 1. The highest BCUT2D eigenvalue weighted by Crippen LogP contribution is 2.27. The first kappa shape index (κ1) is 20.3. The van der Waals surface area contributed by atoms with Crippen LogP contribution in [0.4, 0.5) is 13.2 Å². The third-order valence-corrected chi connectivity index (χ3v) is 5.02. The summed E-state index contributed by atoms with van der Waals surface area (Å²) < 4.78 is 39.2. The summed E-state index contributed by atoms with van der Waals surface area (Å²) in [7, 11) is 0. The second-order valence-corrected chi connectivity index (χ2v) is 7.26. The fourth-order valence-corrected chi connectivity index (χ4v) is 3.52. The lowest BCUT2D eigenvalue weighted by Gasteiger charge is -2.30. The molecule has 0 saturated carbocycles. The van der Waals surface area contributed by atoms with Crippen LogP contribution in [0, 0.1) is 0 Å². The molecule has 1 atom stereocenters. The lowest BCUT2D eigenvalue weighted by Crippen LogP contribution is -2.42. The van der Waals surface area contributed by atoms with Crippen LogP contribution in [0.5, 0.6) is 0 Å². The molecule has 3 heterocycles. The van der Waals surface area contributed by atoms with Gasteiger partial charge < -0.3 is 10.4 Å². The van der Waals surface area contributed by atoms with Crippen LogP contribution in [0.15, 0.2) is 42.6 Å². The van der Waals surface area contributed by atoms with Gasteiger partial charge in [-0.3, -0.25) is 9.69 Å². The second kappa shape index (κ2) is 8.04. The molecule has 3 aromatic rings. The van der Waals surface area contributed by atoms with Crippen molar-refractivity contribution in [3.8, 4) is 0 Å². The first-order chi connectivity index (χ1) is 14.3. The zero-order valence-electron chi connectivity index (χ0n) is 15.9. The number of benzene rings is 1. The van der Waals surface area contributed by atoms with Gasteiger partial charge in [0.05, 0.1) is 12.3 Å². The maximum Gasteiger partial charge on any atom is 0.435 e. The van der Waals surface area contributed by atoms with E-state index in [0.29, 0.717) is 6.54 Å². The maximum atomic E-state index is 12.8. The number of carbonyl (C=O) groups excluding carboxylic acids is 1. The van der Waals surface area contributed by atoms with Crippen LogP contribution < -0.4 is 5.32 Å². The van der Waals surface area contributed by atoms with Gasteiger partial charge in [0, 0.05) is 26.2 Å². The average molecular weight is 419 g/mol. The quantitative estimate of drug-likeness (QED) is 0.660. The van der Waals surface area contributed by atoms with Crippen molar-refractivity contribution < 1.29 is 23.1 Å². The maximum absolute atomic E-state index is 12.8. The van der Waals surface area contributed by atoms with Crippen LogP contribution in [0.25, 0.3) is 5.65 Å². The van der Waals surface area contributed by atoms with Crippen molar-refractivity contribution in [1.29, 1.82) is 0 Å². The van der Waals surface area contributed by atoms with Gasteiger partial charge in [0.15, 0.2) is 11.3 Å². The SMILES string of the molecule is O=C(NCC(O)CN1CCc2ccccc2C1)c1cn2nc(C(F)(F)F)ccc2n1. The van der Waals surface area contributed by atoms with Crippen molar-refractivity contribution in [2.75, 3.05) is 19.6 Å². The smallest absolute Gasteiger partial charge is 0.390 e. The highest BCUT2D eigenvalue weighted by atomic mass is 19.4. The lowest BCUT2D eigenvalue weighted by molar-refractivity contribution is -0.141. The Balaban J connectivity index is 1.33. The number of imidazole rings is 1. The molecule has 158 valence electrons. The zero-order chi connectivity index (χ0) is 21.3. The highest BCUT2D eigenvalue weighted by molar-refractivity contribution is 5.92. The Morgan fingerprint density at radius 2 is 1.97 bits per heavy atom. The minimum absolute atomic E-state index is 0.00603. The van der Waals surface area contributed by atoms with Crippen LogP contribution in [0.3, 0.4) is 0 Å². The van der Waals surface area contributed by atoms with Crippen molar-refractivity contribution >= 4 is 11.6 Å². The summed E-state index contributed by atoms with van der Waals surface area (Å²) in [5, 5.41) is 16.3. The van der Waals surface area contributed by atoms with Crippen LogP contribution in [0.2, 0.25) is 0 Å². The van der Waals surface area contributed by atoms with E-state index in [0.717, 1.165) is 42.4 Å². The van der Waals surface area contributed by atoms with Crippen molar-refractivity contribution in [2.45, 2.75) is 25.2 Å². The van der Waals surface area contributed by atoms with Crippen LogP contribution in [0.1, 0.15) is 27.3 Å². The number of hydrogen-bond donors (Lipinski definition) is 2. The number of halogens is 3. The number of alkyl halides is 3. The summed E-state index contributed by atoms with van der Waals surface area (Å²) in [5.74, 6) is -0.586. The van der Waals surface area contributed by atoms with E-state index in [-0.39, 0.29) is 17.9 Å². The van der Waals surface area contributed by atoms with E-state index in [1.165, 1.54) is 11.1 Å². The molecule has 30 heavy (non-hydrogen) atoms. The molecule has 2 N–H and O–H groups in total. The standard InChI is InChI=1S/C20H20F3N5O2/c21-20(22,23)17-5-6-18-25-16(12-28(18)26-17)19(30)24-9-15(29)11-27-8-7-13-3-1-2-4-14(13)10-27/h1-6,12,15,29H,7-11H2,(H,24,30). The topological polar surface area (TPSA) is 82.8 Å². The predicted octanol–water partition coefficient (Wildman–Crippen LogP) is 1.90. The van der Waals surface area contributed by atoms with Gasteiger partial charge in [0.1, 0.15) is 5.69 Å². The van der Waals surface area contributed by atoms with E-state index in [9.17, 15) is 23.1 Å². The predicted molar refractivity (Wildman–Crippen MR) is 102 cm³/mol. The summed E-state index contributed by atoms with van der Waals surface area (Å²) in [6, 6.07) is 10.1.